The monoisotopic (exact) mass is 261 g/mol. The molecule has 0 amide bonds. The van der Waals surface area contributed by atoms with Crippen LogP contribution in [0, 0.1) is 6.92 Å². The molecule has 1 saturated heterocycles. The fourth-order valence-corrected chi connectivity index (χ4v) is 2.45. The van der Waals surface area contributed by atoms with Crippen molar-refractivity contribution in [1.82, 2.24) is 4.90 Å². The van der Waals surface area contributed by atoms with Crippen molar-refractivity contribution in [3.8, 4) is 5.75 Å². The molecule has 1 aromatic rings. The van der Waals surface area contributed by atoms with Crippen LogP contribution in [0.2, 0.25) is 0 Å². The predicted octanol–water partition coefficient (Wildman–Crippen LogP) is 3.06. The van der Waals surface area contributed by atoms with E-state index in [1.54, 1.807) is 0 Å². The summed E-state index contributed by atoms with van der Waals surface area (Å²) in [6, 6.07) is 5.84. The van der Waals surface area contributed by atoms with E-state index in [1.165, 1.54) is 12.8 Å². The van der Waals surface area contributed by atoms with Crippen molar-refractivity contribution in [2.45, 2.75) is 39.7 Å². The molecule has 0 atom stereocenters. The van der Waals surface area contributed by atoms with Crippen molar-refractivity contribution in [3.63, 3.8) is 0 Å². The van der Waals surface area contributed by atoms with Crippen LogP contribution in [0.4, 0.5) is 0 Å². The van der Waals surface area contributed by atoms with Gasteiger partial charge in [0.15, 0.2) is 5.78 Å². The van der Waals surface area contributed by atoms with Gasteiger partial charge in [0.1, 0.15) is 5.75 Å². The first kappa shape index (κ1) is 14.1. The molecule has 2 rings (SSSR count). The second-order valence-electron chi connectivity index (χ2n) is 5.57. The van der Waals surface area contributed by atoms with E-state index in [2.05, 4.69) is 4.90 Å². The topological polar surface area (TPSA) is 29.5 Å². The van der Waals surface area contributed by atoms with Crippen LogP contribution in [-0.4, -0.2) is 36.4 Å². The summed E-state index contributed by atoms with van der Waals surface area (Å²) in [6.07, 6.45) is 2.49. The lowest BCUT2D eigenvalue weighted by molar-refractivity contribution is 0.0939. The molecule has 104 valence electrons. The summed E-state index contributed by atoms with van der Waals surface area (Å²) >= 11 is 0. The summed E-state index contributed by atoms with van der Waals surface area (Å²) < 4.78 is 5.75. The minimum atomic E-state index is 0.0843. The number of ether oxygens (including phenoxy) is 1. The highest BCUT2D eigenvalue weighted by Crippen LogP contribution is 2.22. The average Bonchev–Trinajstić information content (AvgIpc) is 2.83. The van der Waals surface area contributed by atoms with Crippen LogP contribution < -0.4 is 4.74 Å². The second kappa shape index (κ2) is 6.20. The molecule has 1 heterocycles. The Labute approximate surface area is 115 Å². The van der Waals surface area contributed by atoms with E-state index in [0.29, 0.717) is 12.3 Å². The van der Waals surface area contributed by atoms with Crippen molar-refractivity contribution >= 4 is 5.78 Å². The van der Waals surface area contributed by atoms with Gasteiger partial charge in [0.2, 0.25) is 0 Å². The number of rotatable bonds is 5. The van der Waals surface area contributed by atoms with E-state index in [-0.39, 0.29) is 11.9 Å². The number of benzene rings is 1. The molecular formula is C16H23NO2. The van der Waals surface area contributed by atoms with Crippen molar-refractivity contribution < 1.29 is 9.53 Å². The van der Waals surface area contributed by atoms with E-state index in [1.807, 2.05) is 39.0 Å². The number of hydrogen-bond donors (Lipinski definition) is 0. The van der Waals surface area contributed by atoms with Crippen molar-refractivity contribution in [1.29, 1.82) is 0 Å². The van der Waals surface area contributed by atoms with Crippen LogP contribution in [0.15, 0.2) is 18.2 Å². The van der Waals surface area contributed by atoms with Crippen LogP contribution in [0.5, 0.6) is 5.75 Å². The van der Waals surface area contributed by atoms with Crippen molar-refractivity contribution in [2.24, 2.45) is 0 Å². The maximum Gasteiger partial charge on any atom is 0.180 e. The van der Waals surface area contributed by atoms with Gasteiger partial charge in [-0.2, -0.15) is 0 Å². The molecule has 0 N–H and O–H groups in total. The van der Waals surface area contributed by atoms with Gasteiger partial charge in [-0.1, -0.05) is 11.6 Å². The normalized spacial score (nSPS) is 16.0. The maximum absolute atomic E-state index is 12.4. The summed E-state index contributed by atoms with van der Waals surface area (Å²) in [4.78, 5) is 14.7. The van der Waals surface area contributed by atoms with Gasteiger partial charge in [0, 0.05) is 0 Å². The lowest BCUT2D eigenvalue weighted by Gasteiger charge is -2.17. The second-order valence-corrected chi connectivity index (χ2v) is 5.57. The summed E-state index contributed by atoms with van der Waals surface area (Å²) in [6.45, 7) is 8.56. The van der Waals surface area contributed by atoms with E-state index in [9.17, 15) is 4.79 Å². The third kappa shape index (κ3) is 3.80. The molecule has 3 nitrogen and oxygen atoms in total. The van der Waals surface area contributed by atoms with Crippen molar-refractivity contribution in [2.75, 3.05) is 19.6 Å². The Bertz CT molecular complexity index is 448. The highest BCUT2D eigenvalue weighted by atomic mass is 16.5. The number of likely N-dealkylation sites (tertiary alicyclic amines) is 1. The summed E-state index contributed by atoms with van der Waals surface area (Å²) in [5.41, 5.74) is 1.82. The van der Waals surface area contributed by atoms with E-state index in [0.717, 1.165) is 24.2 Å². The van der Waals surface area contributed by atoms with Crippen molar-refractivity contribution in [3.05, 3.63) is 29.3 Å². The summed E-state index contributed by atoms with van der Waals surface area (Å²) in [5.74, 6) is 0.881. The predicted molar refractivity (Wildman–Crippen MR) is 76.9 cm³/mol. The molecule has 1 aromatic carbocycles. The Kier molecular flexibility index (Phi) is 4.59. The standard InChI is InChI=1S/C16H23NO2/c1-12(2)19-16-7-6-13(3)10-14(16)15(18)11-17-8-4-5-9-17/h6-7,10,12H,4-5,8-9,11H2,1-3H3. The number of ketones is 1. The zero-order valence-electron chi connectivity index (χ0n) is 12.1. The van der Waals surface area contributed by atoms with E-state index < -0.39 is 0 Å². The quantitative estimate of drug-likeness (QED) is 0.763. The SMILES string of the molecule is Cc1ccc(OC(C)C)c(C(=O)CN2CCCC2)c1. The highest BCUT2D eigenvalue weighted by molar-refractivity contribution is 6.00. The highest BCUT2D eigenvalue weighted by Gasteiger charge is 2.19. The van der Waals surface area contributed by atoms with Gasteiger partial charge in [-0.3, -0.25) is 9.69 Å². The van der Waals surface area contributed by atoms with Crippen LogP contribution >= 0.6 is 0 Å². The molecule has 0 unspecified atom stereocenters. The van der Waals surface area contributed by atoms with Crippen LogP contribution in [0.1, 0.15) is 42.6 Å². The zero-order chi connectivity index (χ0) is 13.8. The Balaban J connectivity index is 2.15. The van der Waals surface area contributed by atoms with Gasteiger partial charge in [-0.15, -0.1) is 0 Å². The molecule has 1 fully saturated rings. The number of hydrogen-bond acceptors (Lipinski definition) is 3. The van der Waals surface area contributed by atoms with E-state index >= 15 is 0 Å². The molecule has 1 aliphatic heterocycles. The first-order valence-electron chi connectivity index (χ1n) is 7.09. The zero-order valence-corrected chi connectivity index (χ0v) is 12.1. The number of carbonyl (C=O) groups is 1. The minimum Gasteiger partial charge on any atom is -0.490 e. The van der Waals surface area contributed by atoms with Gasteiger partial charge in [0.05, 0.1) is 18.2 Å². The molecule has 0 aromatic heterocycles. The number of nitrogens with zero attached hydrogens (tertiary/aromatic N) is 1. The molecule has 0 saturated carbocycles. The van der Waals surface area contributed by atoms with Crippen LogP contribution in [0.3, 0.4) is 0 Å². The Morgan fingerprint density at radius 3 is 2.63 bits per heavy atom. The fraction of sp³-hybridized carbons (Fsp3) is 0.562. The molecule has 19 heavy (non-hydrogen) atoms. The third-order valence-corrected chi connectivity index (χ3v) is 3.36. The van der Waals surface area contributed by atoms with Gasteiger partial charge in [-0.05, 0) is 58.8 Å². The van der Waals surface area contributed by atoms with Gasteiger partial charge < -0.3 is 4.74 Å². The molecular weight excluding hydrogens is 238 g/mol. The van der Waals surface area contributed by atoms with Crippen LogP contribution in [0.25, 0.3) is 0 Å². The molecule has 0 radical (unpaired) electrons. The van der Waals surface area contributed by atoms with Gasteiger partial charge >= 0.3 is 0 Å². The fourth-order valence-electron chi connectivity index (χ4n) is 2.45. The molecule has 3 heteroatoms. The summed E-state index contributed by atoms with van der Waals surface area (Å²) in [5, 5.41) is 0. The Hall–Kier alpha value is -1.35. The smallest absolute Gasteiger partial charge is 0.180 e. The number of aryl methyl sites for hydroxylation is 1. The third-order valence-electron chi connectivity index (χ3n) is 3.36. The molecule has 0 spiro atoms. The first-order chi connectivity index (χ1) is 9.06. The molecule has 0 aliphatic carbocycles. The number of Topliss-reactive ketones (excluding diaryl/α,β-unsaturated/α-hetero) is 1. The Morgan fingerprint density at radius 2 is 2.00 bits per heavy atom. The lowest BCUT2D eigenvalue weighted by Crippen LogP contribution is -2.27. The molecule has 1 aliphatic rings. The van der Waals surface area contributed by atoms with Gasteiger partial charge in [0.25, 0.3) is 0 Å². The molecule has 0 bridgehead atoms. The summed E-state index contributed by atoms with van der Waals surface area (Å²) in [7, 11) is 0. The maximum atomic E-state index is 12.4. The largest absolute Gasteiger partial charge is 0.490 e. The van der Waals surface area contributed by atoms with E-state index in [4.69, 9.17) is 4.74 Å². The minimum absolute atomic E-state index is 0.0843. The Morgan fingerprint density at radius 1 is 1.32 bits per heavy atom. The first-order valence-corrected chi connectivity index (χ1v) is 7.09. The number of carbonyl (C=O) groups excluding carboxylic acids is 1. The lowest BCUT2D eigenvalue weighted by atomic mass is 10.1. The average molecular weight is 261 g/mol. The van der Waals surface area contributed by atoms with Gasteiger partial charge in [-0.25, -0.2) is 0 Å². The van der Waals surface area contributed by atoms with Crippen LogP contribution in [-0.2, 0) is 0 Å².